The summed E-state index contributed by atoms with van der Waals surface area (Å²) in [5.74, 6) is 0.682. The van der Waals surface area contributed by atoms with Gasteiger partial charge in [-0.1, -0.05) is 6.07 Å². The smallest absolute Gasteiger partial charge is 0.217 e. The van der Waals surface area contributed by atoms with E-state index in [1.165, 1.54) is 0 Å². The van der Waals surface area contributed by atoms with Crippen LogP contribution in [0, 0.1) is 0 Å². The van der Waals surface area contributed by atoms with E-state index in [9.17, 15) is 0 Å². The van der Waals surface area contributed by atoms with Gasteiger partial charge in [-0.25, -0.2) is 4.98 Å². The van der Waals surface area contributed by atoms with Crippen LogP contribution in [0.1, 0.15) is 12.0 Å². The van der Waals surface area contributed by atoms with Gasteiger partial charge in [0.2, 0.25) is 5.88 Å². The lowest BCUT2D eigenvalue weighted by Gasteiger charge is -2.08. The first kappa shape index (κ1) is 14.9. The fourth-order valence-electron chi connectivity index (χ4n) is 1.51. The van der Waals surface area contributed by atoms with E-state index in [0.717, 1.165) is 31.7 Å². The summed E-state index contributed by atoms with van der Waals surface area (Å²) in [7, 11) is 3.31. The Balaban J connectivity index is 2.07. The van der Waals surface area contributed by atoms with Crippen LogP contribution in [0.25, 0.3) is 0 Å². The van der Waals surface area contributed by atoms with Gasteiger partial charge in [0.05, 0.1) is 20.3 Å². The van der Waals surface area contributed by atoms with Crippen molar-refractivity contribution in [3.8, 4) is 5.88 Å². The summed E-state index contributed by atoms with van der Waals surface area (Å²) in [5.41, 5.74) is 1.07. The molecule has 18 heavy (non-hydrogen) atoms. The van der Waals surface area contributed by atoms with Crippen molar-refractivity contribution in [1.29, 1.82) is 0 Å². The zero-order valence-corrected chi connectivity index (χ0v) is 11.1. The fourth-order valence-corrected chi connectivity index (χ4v) is 1.51. The molecule has 1 N–H and O–H groups in total. The zero-order chi connectivity index (χ0) is 13.1. The standard InChI is InChI=1S/C13H22N2O3/c1-16-9-10-18-8-4-6-14-11-12-5-3-7-15-13(12)17-2/h3,5,7,14H,4,6,8-11H2,1-2H3. The molecule has 102 valence electrons. The van der Waals surface area contributed by atoms with Gasteiger partial charge >= 0.3 is 0 Å². The third-order valence-corrected chi connectivity index (χ3v) is 2.43. The predicted octanol–water partition coefficient (Wildman–Crippen LogP) is 1.23. The number of hydrogen-bond acceptors (Lipinski definition) is 5. The second kappa shape index (κ2) is 9.82. The van der Waals surface area contributed by atoms with Crippen LogP contribution in [0.5, 0.6) is 5.88 Å². The summed E-state index contributed by atoms with van der Waals surface area (Å²) in [6.07, 6.45) is 2.71. The van der Waals surface area contributed by atoms with Crippen molar-refractivity contribution >= 4 is 0 Å². The molecular formula is C13H22N2O3. The van der Waals surface area contributed by atoms with E-state index in [0.29, 0.717) is 19.1 Å². The molecule has 0 atom stereocenters. The van der Waals surface area contributed by atoms with Crippen LogP contribution < -0.4 is 10.1 Å². The number of nitrogens with zero attached hydrogens (tertiary/aromatic N) is 1. The van der Waals surface area contributed by atoms with Gasteiger partial charge in [-0.05, 0) is 19.0 Å². The molecule has 5 nitrogen and oxygen atoms in total. The minimum Gasteiger partial charge on any atom is -0.481 e. The van der Waals surface area contributed by atoms with Crippen LogP contribution in [-0.4, -0.2) is 45.6 Å². The van der Waals surface area contributed by atoms with Gasteiger partial charge in [-0.15, -0.1) is 0 Å². The van der Waals surface area contributed by atoms with E-state index in [4.69, 9.17) is 14.2 Å². The van der Waals surface area contributed by atoms with Crippen LogP contribution in [0.3, 0.4) is 0 Å². The van der Waals surface area contributed by atoms with Crippen molar-refractivity contribution in [2.75, 3.05) is 40.6 Å². The Labute approximate surface area is 108 Å². The summed E-state index contributed by atoms with van der Waals surface area (Å²) >= 11 is 0. The van der Waals surface area contributed by atoms with Crippen molar-refractivity contribution < 1.29 is 14.2 Å². The Morgan fingerprint density at radius 2 is 2.11 bits per heavy atom. The molecule has 0 aliphatic heterocycles. The largest absolute Gasteiger partial charge is 0.481 e. The van der Waals surface area contributed by atoms with Crippen LogP contribution in [0.15, 0.2) is 18.3 Å². The van der Waals surface area contributed by atoms with Gasteiger partial charge in [0.25, 0.3) is 0 Å². The molecule has 0 aliphatic rings. The molecule has 0 unspecified atom stereocenters. The topological polar surface area (TPSA) is 52.6 Å². The number of methoxy groups -OCH3 is 2. The monoisotopic (exact) mass is 254 g/mol. The molecule has 0 aromatic carbocycles. The van der Waals surface area contributed by atoms with Gasteiger partial charge in [0, 0.05) is 32.0 Å². The predicted molar refractivity (Wildman–Crippen MR) is 69.8 cm³/mol. The number of rotatable bonds is 10. The maximum Gasteiger partial charge on any atom is 0.217 e. The molecule has 1 heterocycles. The second-order valence-electron chi connectivity index (χ2n) is 3.81. The summed E-state index contributed by atoms with van der Waals surface area (Å²) in [5, 5.41) is 3.34. The quantitative estimate of drug-likeness (QED) is 0.637. The minimum absolute atomic E-state index is 0.653. The lowest BCUT2D eigenvalue weighted by Crippen LogP contribution is -2.17. The normalized spacial score (nSPS) is 10.6. The third-order valence-electron chi connectivity index (χ3n) is 2.43. The number of hydrogen-bond donors (Lipinski definition) is 1. The summed E-state index contributed by atoms with van der Waals surface area (Å²) in [6.45, 7) is 3.73. The summed E-state index contributed by atoms with van der Waals surface area (Å²) in [6, 6.07) is 3.92. The van der Waals surface area contributed by atoms with Crippen LogP contribution in [-0.2, 0) is 16.0 Å². The summed E-state index contributed by atoms with van der Waals surface area (Å²) < 4.78 is 15.4. The van der Waals surface area contributed by atoms with Crippen molar-refractivity contribution in [3.05, 3.63) is 23.9 Å². The molecular weight excluding hydrogens is 232 g/mol. The van der Waals surface area contributed by atoms with Crippen LogP contribution >= 0.6 is 0 Å². The van der Waals surface area contributed by atoms with Crippen molar-refractivity contribution in [2.45, 2.75) is 13.0 Å². The molecule has 1 rings (SSSR count). The molecule has 0 amide bonds. The number of nitrogens with one attached hydrogen (secondary N) is 1. The first-order valence-corrected chi connectivity index (χ1v) is 6.13. The van der Waals surface area contributed by atoms with E-state index >= 15 is 0 Å². The molecule has 0 radical (unpaired) electrons. The summed E-state index contributed by atoms with van der Waals surface area (Å²) in [4.78, 5) is 4.15. The van der Waals surface area contributed by atoms with E-state index in [2.05, 4.69) is 10.3 Å². The van der Waals surface area contributed by atoms with Gasteiger partial charge in [-0.3, -0.25) is 0 Å². The zero-order valence-electron chi connectivity index (χ0n) is 11.1. The average molecular weight is 254 g/mol. The van der Waals surface area contributed by atoms with Gasteiger partial charge in [-0.2, -0.15) is 0 Å². The number of ether oxygens (including phenoxy) is 3. The van der Waals surface area contributed by atoms with Crippen LogP contribution in [0.4, 0.5) is 0 Å². The average Bonchev–Trinajstić information content (AvgIpc) is 2.42. The fraction of sp³-hybridized carbons (Fsp3) is 0.615. The third kappa shape index (κ3) is 5.95. The van der Waals surface area contributed by atoms with Gasteiger partial charge in [0.15, 0.2) is 0 Å². The SMILES string of the molecule is COCCOCCCNCc1cccnc1OC. The maximum atomic E-state index is 5.37. The van der Waals surface area contributed by atoms with E-state index in [-0.39, 0.29) is 0 Å². The highest BCUT2D eigenvalue weighted by molar-refractivity contribution is 5.24. The molecule has 5 heteroatoms. The molecule has 0 saturated heterocycles. The highest BCUT2D eigenvalue weighted by Gasteiger charge is 2.01. The Morgan fingerprint density at radius 1 is 1.22 bits per heavy atom. The molecule has 1 aromatic heterocycles. The molecule has 0 spiro atoms. The van der Waals surface area contributed by atoms with Gasteiger partial charge in [0.1, 0.15) is 0 Å². The number of pyridine rings is 1. The maximum absolute atomic E-state index is 5.37. The highest BCUT2D eigenvalue weighted by atomic mass is 16.5. The van der Waals surface area contributed by atoms with E-state index in [1.807, 2.05) is 12.1 Å². The van der Waals surface area contributed by atoms with E-state index < -0.39 is 0 Å². The second-order valence-corrected chi connectivity index (χ2v) is 3.81. The first-order valence-electron chi connectivity index (χ1n) is 6.13. The minimum atomic E-state index is 0.653. The molecule has 0 aliphatic carbocycles. The first-order chi connectivity index (χ1) is 8.88. The molecule has 1 aromatic rings. The van der Waals surface area contributed by atoms with Crippen molar-refractivity contribution in [1.82, 2.24) is 10.3 Å². The Hall–Kier alpha value is -1.17. The Kier molecular flexibility index (Phi) is 8.12. The number of aromatic nitrogens is 1. The molecule has 0 saturated carbocycles. The molecule has 0 fully saturated rings. The lowest BCUT2D eigenvalue weighted by molar-refractivity contribution is 0.0694. The Bertz CT molecular complexity index is 321. The van der Waals surface area contributed by atoms with Crippen molar-refractivity contribution in [2.24, 2.45) is 0 Å². The van der Waals surface area contributed by atoms with Crippen molar-refractivity contribution in [3.63, 3.8) is 0 Å². The van der Waals surface area contributed by atoms with Gasteiger partial charge < -0.3 is 19.5 Å². The lowest BCUT2D eigenvalue weighted by atomic mass is 10.2. The van der Waals surface area contributed by atoms with Crippen LogP contribution in [0.2, 0.25) is 0 Å². The molecule has 0 bridgehead atoms. The Morgan fingerprint density at radius 3 is 2.89 bits per heavy atom. The van der Waals surface area contributed by atoms with E-state index in [1.54, 1.807) is 20.4 Å². The highest BCUT2D eigenvalue weighted by Crippen LogP contribution is 2.12.